The van der Waals surface area contributed by atoms with Crippen LogP contribution in [0.1, 0.15) is 20.3 Å². The van der Waals surface area contributed by atoms with Crippen molar-refractivity contribution in [2.24, 2.45) is 0 Å². The molecular formula is C7H13BrO3. The van der Waals surface area contributed by atoms with E-state index >= 15 is 0 Å². The molecule has 0 saturated carbocycles. The summed E-state index contributed by atoms with van der Waals surface area (Å²) in [5.74, 6) is 0. The zero-order valence-corrected chi connectivity index (χ0v) is 8.39. The lowest BCUT2D eigenvalue weighted by Crippen LogP contribution is -2.14. The van der Waals surface area contributed by atoms with Crippen LogP contribution in [0.25, 0.3) is 0 Å². The maximum absolute atomic E-state index is 10.6. The van der Waals surface area contributed by atoms with Gasteiger partial charge in [0.15, 0.2) is 0 Å². The molecule has 0 aliphatic carbocycles. The van der Waals surface area contributed by atoms with Crippen LogP contribution in [0, 0.1) is 0 Å². The van der Waals surface area contributed by atoms with Gasteiger partial charge in [-0.3, -0.25) is 0 Å². The molecule has 0 N–H and O–H groups in total. The van der Waals surface area contributed by atoms with Gasteiger partial charge < -0.3 is 9.47 Å². The van der Waals surface area contributed by atoms with Gasteiger partial charge in [0.05, 0.1) is 6.61 Å². The van der Waals surface area contributed by atoms with Gasteiger partial charge in [0.25, 0.3) is 0 Å². The summed E-state index contributed by atoms with van der Waals surface area (Å²) in [5.41, 5.74) is 0. The molecule has 0 aromatic carbocycles. The van der Waals surface area contributed by atoms with E-state index in [1.807, 2.05) is 6.92 Å². The summed E-state index contributed by atoms with van der Waals surface area (Å²) in [5, 5.41) is 0. The van der Waals surface area contributed by atoms with Crippen LogP contribution < -0.4 is 0 Å². The Labute approximate surface area is 75.2 Å². The second-order valence-corrected chi connectivity index (χ2v) is 3.29. The third-order valence-electron chi connectivity index (χ3n) is 1.09. The van der Waals surface area contributed by atoms with Crippen LogP contribution in [0.4, 0.5) is 4.79 Å². The lowest BCUT2D eigenvalue weighted by Gasteiger charge is -2.07. The van der Waals surface area contributed by atoms with E-state index < -0.39 is 6.16 Å². The number of alkyl halides is 1. The molecule has 0 aliphatic rings. The first-order chi connectivity index (χ1) is 5.20. The van der Waals surface area contributed by atoms with Crippen LogP contribution in [0.15, 0.2) is 0 Å². The Balaban J connectivity index is 3.30. The number of rotatable bonds is 4. The van der Waals surface area contributed by atoms with Crippen molar-refractivity contribution in [1.82, 2.24) is 0 Å². The average Bonchev–Trinajstić information content (AvgIpc) is 2.01. The maximum atomic E-state index is 10.6. The molecule has 0 aliphatic heterocycles. The Bertz CT molecular complexity index is 116. The minimum atomic E-state index is -0.592. The molecule has 0 aromatic heterocycles. The fraction of sp³-hybridized carbons (Fsp3) is 0.857. The minimum absolute atomic E-state index is 0.229. The molecule has 0 spiro atoms. The maximum Gasteiger partial charge on any atom is 0.508 e. The monoisotopic (exact) mass is 224 g/mol. The quantitative estimate of drug-likeness (QED) is 0.544. The van der Waals surface area contributed by atoms with Crippen LogP contribution in [0.2, 0.25) is 0 Å². The molecule has 0 rings (SSSR count). The summed E-state index contributed by atoms with van der Waals surface area (Å²) in [6, 6.07) is 0. The van der Waals surface area contributed by atoms with Crippen LogP contribution in [-0.2, 0) is 9.47 Å². The summed E-state index contributed by atoms with van der Waals surface area (Å²) in [6.07, 6.45) is 0.338. The molecule has 11 heavy (non-hydrogen) atoms. The van der Waals surface area contributed by atoms with Crippen LogP contribution in [-0.4, -0.2) is 24.2 Å². The van der Waals surface area contributed by atoms with Gasteiger partial charge in [0.1, 0.15) is 6.61 Å². The van der Waals surface area contributed by atoms with Gasteiger partial charge in [-0.1, -0.05) is 22.9 Å². The largest absolute Gasteiger partial charge is 0.508 e. The zero-order valence-electron chi connectivity index (χ0n) is 6.80. The lowest BCUT2D eigenvalue weighted by molar-refractivity contribution is 0.0596. The van der Waals surface area contributed by atoms with Crippen LogP contribution in [0.5, 0.6) is 0 Å². The van der Waals surface area contributed by atoms with Crippen molar-refractivity contribution < 1.29 is 14.3 Å². The molecule has 0 saturated heterocycles. The lowest BCUT2D eigenvalue weighted by atomic mass is 10.4. The van der Waals surface area contributed by atoms with Gasteiger partial charge in [-0.05, 0) is 13.3 Å². The van der Waals surface area contributed by atoms with Gasteiger partial charge in [-0.15, -0.1) is 0 Å². The number of carbonyl (C=O) groups is 1. The number of hydrogen-bond acceptors (Lipinski definition) is 3. The molecule has 66 valence electrons. The Morgan fingerprint density at radius 1 is 1.45 bits per heavy atom. The predicted octanol–water partition coefficient (Wildman–Crippen LogP) is 2.33. The molecule has 0 bridgehead atoms. The highest BCUT2D eigenvalue weighted by Crippen LogP contribution is 2.04. The Kier molecular flexibility index (Phi) is 6.31. The summed E-state index contributed by atoms with van der Waals surface area (Å²) < 4.78 is 9.28. The highest BCUT2D eigenvalue weighted by atomic mass is 79.9. The number of ether oxygens (including phenoxy) is 2. The fourth-order valence-corrected chi connectivity index (χ4v) is 0.568. The summed E-state index contributed by atoms with van der Waals surface area (Å²) in [6.45, 7) is 4.48. The van der Waals surface area contributed by atoms with Crippen molar-refractivity contribution in [2.45, 2.75) is 25.1 Å². The van der Waals surface area contributed by atoms with Gasteiger partial charge in [-0.25, -0.2) is 4.79 Å². The topological polar surface area (TPSA) is 35.5 Å². The molecule has 1 unspecified atom stereocenters. The Hall–Kier alpha value is -0.250. The van der Waals surface area contributed by atoms with Crippen molar-refractivity contribution in [2.75, 3.05) is 13.2 Å². The summed E-state index contributed by atoms with van der Waals surface area (Å²) in [4.78, 5) is 10.8. The number of hydrogen-bond donors (Lipinski definition) is 0. The second kappa shape index (κ2) is 6.46. The summed E-state index contributed by atoms with van der Waals surface area (Å²) >= 11 is 3.32. The third-order valence-corrected chi connectivity index (χ3v) is 2.00. The molecule has 0 radical (unpaired) electrons. The number of carbonyl (C=O) groups excluding carboxylic acids is 1. The van der Waals surface area contributed by atoms with Crippen molar-refractivity contribution in [1.29, 1.82) is 0 Å². The predicted molar refractivity (Wildman–Crippen MR) is 46.0 cm³/mol. The van der Waals surface area contributed by atoms with E-state index in [1.54, 1.807) is 6.92 Å². The molecule has 0 heterocycles. The smallest absolute Gasteiger partial charge is 0.435 e. The van der Waals surface area contributed by atoms with Crippen molar-refractivity contribution in [3.05, 3.63) is 0 Å². The Morgan fingerprint density at radius 3 is 2.55 bits per heavy atom. The zero-order chi connectivity index (χ0) is 8.69. The molecular weight excluding hydrogens is 212 g/mol. The molecule has 3 nitrogen and oxygen atoms in total. The Morgan fingerprint density at radius 2 is 2.09 bits per heavy atom. The van der Waals surface area contributed by atoms with E-state index in [-0.39, 0.29) is 4.83 Å². The van der Waals surface area contributed by atoms with Crippen LogP contribution in [0.3, 0.4) is 0 Å². The van der Waals surface area contributed by atoms with E-state index in [4.69, 9.17) is 4.74 Å². The van der Waals surface area contributed by atoms with Crippen molar-refractivity contribution in [3.8, 4) is 0 Å². The van der Waals surface area contributed by atoms with E-state index in [0.717, 1.165) is 6.42 Å². The molecule has 0 aromatic rings. The van der Waals surface area contributed by atoms with E-state index in [2.05, 4.69) is 20.7 Å². The first-order valence-corrected chi connectivity index (χ1v) is 4.55. The first kappa shape index (κ1) is 10.8. The van der Waals surface area contributed by atoms with Gasteiger partial charge in [0.2, 0.25) is 0 Å². The van der Waals surface area contributed by atoms with Crippen molar-refractivity contribution >= 4 is 22.1 Å². The SMILES string of the molecule is CCOC(=O)OCC(Br)CC. The molecule has 4 heteroatoms. The standard InChI is InChI=1S/C7H13BrO3/c1-3-6(8)5-11-7(9)10-4-2/h6H,3-5H2,1-2H3. The van der Waals surface area contributed by atoms with Crippen LogP contribution >= 0.6 is 15.9 Å². The van der Waals surface area contributed by atoms with Gasteiger partial charge in [-0.2, -0.15) is 0 Å². The molecule has 1 atom stereocenters. The highest BCUT2D eigenvalue weighted by Gasteiger charge is 2.06. The minimum Gasteiger partial charge on any atom is -0.435 e. The number of halogens is 1. The normalized spacial score (nSPS) is 12.3. The second-order valence-electron chi connectivity index (χ2n) is 2.00. The van der Waals surface area contributed by atoms with Crippen molar-refractivity contribution in [3.63, 3.8) is 0 Å². The summed E-state index contributed by atoms with van der Waals surface area (Å²) in [7, 11) is 0. The van der Waals surface area contributed by atoms with E-state index in [1.165, 1.54) is 0 Å². The van der Waals surface area contributed by atoms with Gasteiger partial charge in [0, 0.05) is 4.83 Å². The van der Waals surface area contributed by atoms with E-state index in [9.17, 15) is 4.79 Å². The van der Waals surface area contributed by atoms with E-state index in [0.29, 0.717) is 13.2 Å². The highest BCUT2D eigenvalue weighted by molar-refractivity contribution is 9.09. The average molecular weight is 225 g/mol. The fourth-order valence-electron chi connectivity index (χ4n) is 0.436. The van der Waals surface area contributed by atoms with Gasteiger partial charge >= 0.3 is 6.16 Å². The first-order valence-electron chi connectivity index (χ1n) is 3.64. The third kappa shape index (κ3) is 6.16. The molecule has 0 fully saturated rings. The molecule has 0 amide bonds.